The molecule has 0 radical (unpaired) electrons. The molecule has 9 heteroatoms. The number of anilines is 1. The summed E-state index contributed by atoms with van der Waals surface area (Å²) in [5, 5.41) is 8.00. The molecule has 0 fully saturated rings. The molecule has 1 aliphatic heterocycles. The van der Waals surface area contributed by atoms with Crippen LogP contribution in [0.1, 0.15) is 22.3 Å². The van der Waals surface area contributed by atoms with Crippen LogP contribution in [0.2, 0.25) is 0 Å². The van der Waals surface area contributed by atoms with Gasteiger partial charge in [0.2, 0.25) is 10.0 Å². The van der Waals surface area contributed by atoms with Crippen LogP contribution in [0.25, 0.3) is 0 Å². The van der Waals surface area contributed by atoms with E-state index in [0.717, 1.165) is 10.6 Å². The largest absolute Gasteiger partial charge is 0.478 e. The van der Waals surface area contributed by atoms with Crippen LogP contribution in [0.4, 0.5) is 5.69 Å². The van der Waals surface area contributed by atoms with E-state index in [1.807, 2.05) is 0 Å². The standard InChI is InChI=1S/C12H15NO6S2/c1-20(16,17)8-21(18,19)13-6-2-3-9-7-10(12(14)15)4-5-11(9)13/h4-5,7H,2-3,6,8H2,1H3,(H,14,15). The first-order valence-corrected chi connectivity index (χ1v) is 9.81. The van der Waals surface area contributed by atoms with E-state index < -0.39 is 30.9 Å². The van der Waals surface area contributed by atoms with Gasteiger partial charge in [0.05, 0.1) is 11.3 Å². The van der Waals surface area contributed by atoms with Gasteiger partial charge in [0.15, 0.2) is 14.9 Å². The molecule has 1 heterocycles. The van der Waals surface area contributed by atoms with Crippen LogP contribution in [0.15, 0.2) is 18.2 Å². The topological polar surface area (TPSA) is 109 Å². The van der Waals surface area contributed by atoms with E-state index in [2.05, 4.69) is 0 Å². The normalized spacial score (nSPS) is 15.6. The van der Waals surface area contributed by atoms with Crippen molar-refractivity contribution < 1.29 is 26.7 Å². The first kappa shape index (κ1) is 15.8. The Morgan fingerprint density at radius 1 is 1.29 bits per heavy atom. The van der Waals surface area contributed by atoms with Gasteiger partial charge in [0, 0.05) is 12.8 Å². The maximum Gasteiger partial charge on any atom is 0.335 e. The first-order chi connectivity index (χ1) is 9.60. The predicted octanol–water partition coefficient (Wildman–Crippen LogP) is 0.469. The Labute approximate surface area is 123 Å². The Morgan fingerprint density at radius 2 is 1.95 bits per heavy atom. The number of sulfone groups is 1. The predicted molar refractivity (Wildman–Crippen MR) is 77.7 cm³/mol. The second-order valence-electron chi connectivity index (χ2n) is 4.98. The van der Waals surface area contributed by atoms with E-state index in [4.69, 9.17) is 5.11 Å². The lowest BCUT2D eigenvalue weighted by molar-refractivity contribution is 0.0696. The summed E-state index contributed by atoms with van der Waals surface area (Å²) in [7, 11) is -7.67. The fraction of sp³-hybridized carbons (Fsp3) is 0.417. The molecule has 0 unspecified atom stereocenters. The minimum Gasteiger partial charge on any atom is -0.478 e. The molecule has 116 valence electrons. The minimum atomic E-state index is -3.99. The number of benzene rings is 1. The number of hydrogen-bond donors (Lipinski definition) is 1. The zero-order chi connectivity index (χ0) is 15.8. The van der Waals surface area contributed by atoms with Crippen molar-refractivity contribution in [1.82, 2.24) is 0 Å². The Morgan fingerprint density at radius 3 is 2.52 bits per heavy atom. The van der Waals surface area contributed by atoms with Crippen molar-refractivity contribution >= 4 is 31.5 Å². The Balaban J connectivity index is 2.45. The third kappa shape index (κ3) is 3.53. The maximum atomic E-state index is 12.2. The summed E-state index contributed by atoms with van der Waals surface area (Å²) in [4.78, 5) is 10.9. The van der Waals surface area contributed by atoms with E-state index in [1.165, 1.54) is 18.2 Å². The quantitative estimate of drug-likeness (QED) is 0.858. The summed E-state index contributed by atoms with van der Waals surface area (Å²) in [6.45, 7) is 0.192. The van der Waals surface area contributed by atoms with Gasteiger partial charge in [-0.15, -0.1) is 0 Å². The molecule has 1 aromatic rings. The zero-order valence-electron chi connectivity index (χ0n) is 11.3. The SMILES string of the molecule is CS(=O)(=O)CS(=O)(=O)N1CCCc2cc(C(=O)O)ccc21. The van der Waals surface area contributed by atoms with Gasteiger partial charge in [0.1, 0.15) is 0 Å². The molecule has 2 rings (SSSR count). The fourth-order valence-corrected chi connectivity index (χ4v) is 5.88. The number of aryl methyl sites for hydroxylation is 1. The second-order valence-corrected chi connectivity index (χ2v) is 9.38. The van der Waals surface area contributed by atoms with Crippen LogP contribution in [0, 0.1) is 0 Å². The Kier molecular flexibility index (Phi) is 3.98. The highest BCUT2D eigenvalue weighted by Crippen LogP contribution is 2.30. The van der Waals surface area contributed by atoms with Crippen LogP contribution in [-0.4, -0.2) is 45.8 Å². The number of hydrogen-bond acceptors (Lipinski definition) is 5. The first-order valence-electron chi connectivity index (χ1n) is 6.14. The van der Waals surface area contributed by atoms with Gasteiger partial charge in [-0.25, -0.2) is 21.6 Å². The van der Waals surface area contributed by atoms with E-state index in [0.29, 0.717) is 24.1 Å². The monoisotopic (exact) mass is 333 g/mol. The molecule has 0 bridgehead atoms. The van der Waals surface area contributed by atoms with Crippen molar-refractivity contribution in [2.45, 2.75) is 12.8 Å². The molecule has 0 saturated carbocycles. The van der Waals surface area contributed by atoms with Gasteiger partial charge < -0.3 is 5.11 Å². The third-order valence-corrected chi connectivity index (χ3v) is 7.06. The number of rotatable bonds is 4. The molecule has 0 atom stereocenters. The van der Waals surface area contributed by atoms with E-state index in [9.17, 15) is 21.6 Å². The molecule has 1 N–H and O–H groups in total. The number of carbonyl (C=O) groups is 1. The van der Waals surface area contributed by atoms with Gasteiger partial charge in [0.25, 0.3) is 0 Å². The molecule has 0 aliphatic carbocycles. The van der Waals surface area contributed by atoms with E-state index >= 15 is 0 Å². The highest BCUT2D eigenvalue weighted by molar-refractivity contribution is 8.08. The third-order valence-electron chi connectivity index (χ3n) is 3.10. The van der Waals surface area contributed by atoms with Crippen LogP contribution >= 0.6 is 0 Å². The number of carboxylic acid groups (broad SMARTS) is 1. The molecule has 1 aliphatic rings. The summed E-state index contributed by atoms with van der Waals surface area (Å²) in [5.74, 6) is -1.09. The van der Waals surface area contributed by atoms with Gasteiger partial charge in [-0.2, -0.15) is 0 Å². The molecular weight excluding hydrogens is 318 g/mol. The average molecular weight is 333 g/mol. The highest BCUT2D eigenvalue weighted by Gasteiger charge is 2.30. The van der Waals surface area contributed by atoms with Crippen LogP contribution < -0.4 is 4.31 Å². The summed E-state index contributed by atoms with van der Waals surface area (Å²) in [6, 6.07) is 4.16. The van der Waals surface area contributed by atoms with Crippen LogP contribution in [-0.2, 0) is 26.3 Å². The van der Waals surface area contributed by atoms with Gasteiger partial charge in [-0.3, -0.25) is 4.31 Å². The van der Waals surface area contributed by atoms with Crippen molar-refractivity contribution in [3.63, 3.8) is 0 Å². The Hall–Kier alpha value is -1.61. The molecule has 21 heavy (non-hydrogen) atoms. The number of nitrogens with zero attached hydrogens (tertiary/aromatic N) is 1. The highest BCUT2D eigenvalue weighted by atomic mass is 32.3. The molecular formula is C12H15NO6S2. The van der Waals surface area contributed by atoms with Crippen molar-refractivity contribution in [2.75, 3.05) is 22.2 Å². The molecule has 0 saturated heterocycles. The zero-order valence-corrected chi connectivity index (χ0v) is 12.9. The van der Waals surface area contributed by atoms with Crippen molar-refractivity contribution in [1.29, 1.82) is 0 Å². The van der Waals surface area contributed by atoms with Gasteiger partial charge in [-0.1, -0.05) is 0 Å². The number of aromatic carboxylic acids is 1. The summed E-state index contributed by atoms with van der Waals surface area (Å²) in [5.41, 5.74) is 1.03. The summed E-state index contributed by atoms with van der Waals surface area (Å²) < 4.78 is 48.0. The van der Waals surface area contributed by atoms with Crippen LogP contribution in [0.5, 0.6) is 0 Å². The van der Waals surface area contributed by atoms with Crippen molar-refractivity contribution in [3.8, 4) is 0 Å². The lowest BCUT2D eigenvalue weighted by Gasteiger charge is -2.30. The number of sulfonamides is 1. The average Bonchev–Trinajstić information content (AvgIpc) is 2.34. The molecule has 7 nitrogen and oxygen atoms in total. The lowest BCUT2D eigenvalue weighted by Crippen LogP contribution is -2.38. The lowest BCUT2D eigenvalue weighted by atomic mass is 10.0. The summed E-state index contributed by atoms with van der Waals surface area (Å²) in [6.07, 6.45) is 1.93. The molecule has 0 amide bonds. The molecule has 1 aromatic carbocycles. The Bertz CT molecular complexity index is 782. The second kappa shape index (κ2) is 5.30. The molecule has 0 aromatic heterocycles. The summed E-state index contributed by atoms with van der Waals surface area (Å²) >= 11 is 0. The van der Waals surface area contributed by atoms with E-state index in [-0.39, 0.29) is 12.1 Å². The number of carboxylic acids is 1. The minimum absolute atomic E-state index is 0.0797. The maximum absolute atomic E-state index is 12.2. The van der Waals surface area contributed by atoms with Crippen molar-refractivity contribution in [3.05, 3.63) is 29.3 Å². The number of fused-ring (bicyclic) bond motifs is 1. The van der Waals surface area contributed by atoms with Crippen LogP contribution in [0.3, 0.4) is 0 Å². The fourth-order valence-electron chi connectivity index (χ4n) is 2.32. The van der Waals surface area contributed by atoms with E-state index in [1.54, 1.807) is 0 Å². The van der Waals surface area contributed by atoms with Crippen molar-refractivity contribution in [2.24, 2.45) is 0 Å². The van der Waals surface area contributed by atoms with Gasteiger partial charge in [-0.05, 0) is 36.6 Å². The molecule has 0 spiro atoms. The smallest absolute Gasteiger partial charge is 0.335 e. The van der Waals surface area contributed by atoms with Gasteiger partial charge >= 0.3 is 5.97 Å².